The molecule has 4 heteroatoms. The van der Waals surface area contributed by atoms with Gasteiger partial charge in [-0.25, -0.2) is 0 Å². The van der Waals surface area contributed by atoms with E-state index in [4.69, 9.17) is 9.47 Å². The summed E-state index contributed by atoms with van der Waals surface area (Å²) < 4.78 is 11.4. The largest absolute Gasteiger partial charge is 0.490 e. The first-order valence-electron chi connectivity index (χ1n) is 7.82. The zero-order valence-electron chi connectivity index (χ0n) is 13.3. The molecule has 0 heterocycles. The average Bonchev–Trinajstić information content (AvgIpc) is 3.21. The summed E-state index contributed by atoms with van der Waals surface area (Å²) in [5, 5.41) is 13.2. The lowest BCUT2D eigenvalue weighted by Crippen LogP contribution is -2.22. The van der Waals surface area contributed by atoms with Crippen molar-refractivity contribution in [1.29, 1.82) is 0 Å². The minimum Gasteiger partial charge on any atom is -0.490 e. The van der Waals surface area contributed by atoms with E-state index in [9.17, 15) is 5.11 Å². The highest BCUT2D eigenvalue weighted by Crippen LogP contribution is 2.29. The van der Waals surface area contributed by atoms with Crippen LogP contribution in [-0.2, 0) is 6.54 Å². The van der Waals surface area contributed by atoms with Gasteiger partial charge >= 0.3 is 0 Å². The van der Waals surface area contributed by atoms with Gasteiger partial charge in [0, 0.05) is 19.0 Å². The van der Waals surface area contributed by atoms with Crippen LogP contribution in [0.4, 0.5) is 0 Å². The van der Waals surface area contributed by atoms with Crippen LogP contribution >= 0.6 is 0 Å². The van der Waals surface area contributed by atoms with Gasteiger partial charge in [-0.15, -0.1) is 0 Å². The number of nitrogens with one attached hydrogen (secondary N) is 1. The first-order chi connectivity index (χ1) is 9.98. The molecule has 0 radical (unpaired) electrons. The lowest BCUT2D eigenvalue weighted by atomic mass is 10.1. The molecule has 1 aliphatic rings. The van der Waals surface area contributed by atoms with Gasteiger partial charge in [0.25, 0.3) is 0 Å². The standard InChI is InChI=1S/C17H27NO3/c1-4-20-16-11-13(12-18-14-6-7-14)5-8-15(16)21-10-9-17(2,3)19/h5,8,11,14,18-19H,4,6-7,9-10,12H2,1-3H3. The molecule has 2 rings (SSSR count). The highest BCUT2D eigenvalue weighted by Gasteiger charge is 2.20. The third-order valence-corrected chi connectivity index (χ3v) is 3.45. The summed E-state index contributed by atoms with van der Waals surface area (Å²) in [6.07, 6.45) is 3.16. The number of rotatable bonds is 9. The van der Waals surface area contributed by atoms with Gasteiger partial charge in [0.05, 0.1) is 18.8 Å². The van der Waals surface area contributed by atoms with E-state index in [1.54, 1.807) is 13.8 Å². The molecule has 0 aromatic heterocycles. The molecule has 0 aliphatic heterocycles. The van der Waals surface area contributed by atoms with Crippen molar-refractivity contribution in [3.63, 3.8) is 0 Å². The molecule has 1 saturated carbocycles. The molecule has 21 heavy (non-hydrogen) atoms. The van der Waals surface area contributed by atoms with Gasteiger partial charge in [-0.2, -0.15) is 0 Å². The number of benzene rings is 1. The van der Waals surface area contributed by atoms with E-state index in [-0.39, 0.29) is 0 Å². The molecule has 2 N–H and O–H groups in total. The molecule has 0 atom stereocenters. The van der Waals surface area contributed by atoms with E-state index in [0.717, 1.165) is 18.0 Å². The van der Waals surface area contributed by atoms with E-state index in [0.29, 0.717) is 25.7 Å². The van der Waals surface area contributed by atoms with Crippen LogP contribution in [0.15, 0.2) is 18.2 Å². The fourth-order valence-electron chi connectivity index (χ4n) is 2.01. The Morgan fingerprint density at radius 2 is 2.00 bits per heavy atom. The molecule has 0 amide bonds. The maximum atomic E-state index is 9.72. The molecule has 1 aliphatic carbocycles. The van der Waals surface area contributed by atoms with Crippen LogP contribution in [0.25, 0.3) is 0 Å². The second kappa shape index (κ2) is 7.14. The highest BCUT2D eigenvalue weighted by atomic mass is 16.5. The van der Waals surface area contributed by atoms with Gasteiger partial charge in [-0.3, -0.25) is 0 Å². The fraction of sp³-hybridized carbons (Fsp3) is 0.647. The molecule has 1 aromatic rings. The maximum absolute atomic E-state index is 9.72. The molecule has 0 saturated heterocycles. The maximum Gasteiger partial charge on any atom is 0.161 e. The summed E-state index contributed by atoms with van der Waals surface area (Å²) in [7, 11) is 0. The Balaban J connectivity index is 1.94. The van der Waals surface area contributed by atoms with Gasteiger partial charge < -0.3 is 19.9 Å². The third-order valence-electron chi connectivity index (χ3n) is 3.45. The fourth-order valence-corrected chi connectivity index (χ4v) is 2.01. The molecule has 0 spiro atoms. The van der Waals surface area contributed by atoms with E-state index in [1.165, 1.54) is 18.4 Å². The van der Waals surface area contributed by atoms with Gasteiger partial charge in [-0.1, -0.05) is 6.07 Å². The topological polar surface area (TPSA) is 50.7 Å². The number of ether oxygens (including phenoxy) is 2. The quantitative estimate of drug-likeness (QED) is 0.735. The Labute approximate surface area is 127 Å². The van der Waals surface area contributed by atoms with Gasteiger partial charge in [0.2, 0.25) is 0 Å². The number of hydrogen-bond donors (Lipinski definition) is 2. The molecular weight excluding hydrogens is 266 g/mol. The van der Waals surface area contributed by atoms with Crippen LogP contribution in [0.1, 0.15) is 45.6 Å². The Bertz CT molecular complexity index is 450. The third kappa shape index (κ3) is 5.94. The van der Waals surface area contributed by atoms with Crippen molar-refractivity contribution in [3.05, 3.63) is 23.8 Å². The molecule has 1 fully saturated rings. The molecule has 4 nitrogen and oxygen atoms in total. The summed E-state index contributed by atoms with van der Waals surface area (Å²) in [5.41, 5.74) is 0.500. The van der Waals surface area contributed by atoms with E-state index in [1.807, 2.05) is 19.1 Å². The monoisotopic (exact) mass is 293 g/mol. The first kappa shape index (κ1) is 16.1. The predicted molar refractivity (Wildman–Crippen MR) is 83.9 cm³/mol. The van der Waals surface area contributed by atoms with Gasteiger partial charge in [0.1, 0.15) is 0 Å². The number of aliphatic hydroxyl groups is 1. The lowest BCUT2D eigenvalue weighted by molar-refractivity contribution is 0.0548. The van der Waals surface area contributed by atoms with Gasteiger partial charge in [0.15, 0.2) is 11.5 Å². The van der Waals surface area contributed by atoms with Crippen molar-refractivity contribution in [2.75, 3.05) is 13.2 Å². The Kier molecular flexibility index (Phi) is 5.48. The van der Waals surface area contributed by atoms with Crippen molar-refractivity contribution >= 4 is 0 Å². The van der Waals surface area contributed by atoms with Crippen molar-refractivity contribution in [3.8, 4) is 11.5 Å². The molecule has 0 unspecified atom stereocenters. The summed E-state index contributed by atoms with van der Waals surface area (Å²) >= 11 is 0. The van der Waals surface area contributed by atoms with Crippen LogP contribution in [0.3, 0.4) is 0 Å². The van der Waals surface area contributed by atoms with Crippen molar-refractivity contribution < 1.29 is 14.6 Å². The molecule has 1 aromatic carbocycles. The molecule has 0 bridgehead atoms. The van der Waals surface area contributed by atoms with Crippen molar-refractivity contribution in [2.45, 2.75) is 58.2 Å². The predicted octanol–water partition coefficient (Wildman–Crippen LogP) is 2.88. The van der Waals surface area contributed by atoms with E-state index >= 15 is 0 Å². The zero-order valence-corrected chi connectivity index (χ0v) is 13.3. The zero-order chi connectivity index (χ0) is 15.3. The normalized spacial score (nSPS) is 15.0. The second-order valence-corrected chi connectivity index (χ2v) is 6.28. The summed E-state index contributed by atoms with van der Waals surface area (Å²) in [5.74, 6) is 1.53. The van der Waals surface area contributed by atoms with E-state index in [2.05, 4.69) is 11.4 Å². The summed E-state index contributed by atoms with van der Waals surface area (Å²) in [6, 6.07) is 6.76. The number of hydrogen-bond acceptors (Lipinski definition) is 4. The van der Waals surface area contributed by atoms with Crippen LogP contribution in [0.2, 0.25) is 0 Å². The van der Waals surface area contributed by atoms with Crippen LogP contribution in [0.5, 0.6) is 11.5 Å². The van der Waals surface area contributed by atoms with Crippen molar-refractivity contribution in [1.82, 2.24) is 5.32 Å². The average molecular weight is 293 g/mol. The minimum absolute atomic E-state index is 0.475. The van der Waals surface area contributed by atoms with E-state index < -0.39 is 5.60 Å². The first-order valence-corrected chi connectivity index (χ1v) is 7.82. The minimum atomic E-state index is -0.708. The van der Waals surface area contributed by atoms with Gasteiger partial charge in [-0.05, 0) is 51.3 Å². The van der Waals surface area contributed by atoms with Crippen LogP contribution < -0.4 is 14.8 Å². The summed E-state index contributed by atoms with van der Waals surface area (Å²) in [6.45, 7) is 7.49. The van der Waals surface area contributed by atoms with Crippen LogP contribution in [0, 0.1) is 0 Å². The van der Waals surface area contributed by atoms with Crippen LogP contribution in [-0.4, -0.2) is 30.0 Å². The lowest BCUT2D eigenvalue weighted by Gasteiger charge is -2.18. The Morgan fingerprint density at radius 1 is 1.24 bits per heavy atom. The second-order valence-electron chi connectivity index (χ2n) is 6.28. The SMILES string of the molecule is CCOc1cc(CNC2CC2)ccc1OCCC(C)(C)O. The molecule has 118 valence electrons. The smallest absolute Gasteiger partial charge is 0.161 e. The Morgan fingerprint density at radius 3 is 2.62 bits per heavy atom. The Hall–Kier alpha value is -1.26. The highest BCUT2D eigenvalue weighted by molar-refractivity contribution is 5.43. The summed E-state index contributed by atoms with van der Waals surface area (Å²) in [4.78, 5) is 0. The molecular formula is C17H27NO3. The van der Waals surface area contributed by atoms with Crippen molar-refractivity contribution in [2.24, 2.45) is 0 Å².